The summed E-state index contributed by atoms with van der Waals surface area (Å²) >= 11 is 0. The number of rotatable bonds is 5. The fraction of sp³-hybridized carbons (Fsp3) is 1.00. The van der Waals surface area contributed by atoms with Gasteiger partial charge in [-0.25, -0.2) is 0 Å². The minimum absolute atomic E-state index is 0.548. The van der Waals surface area contributed by atoms with Gasteiger partial charge in [0.15, 0.2) is 0 Å². The molecule has 11 heavy (non-hydrogen) atoms. The number of nitrogens with zero attached hydrogens (tertiary/aromatic N) is 1. The molecule has 0 saturated carbocycles. The predicted octanol–water partition coefficient (Wildman–Crippen LogP) is 1.86. The van der Waals surface area contributed by atoms with Gasteiger partial charge in [-0.2, -0.15) is 0 Å². The molecule has 0 atom stereocenters. The van der Waals surface area contributed by atoms with E-state index in [1.165, 1.54) is 13.1 Å². The molecule has 0 bridgehead atoms. The lowest BCUT2D eigenvalue weighted by Gasteiger charge is -2.28. The molecule has 0 saturated heterocycles. The van der Waals surface area contributed by atoms with Crippen LogP contribution in [0.15, 0.2) is 0 Å². The molecule has 0 fully saturated rings. The molecule has 3 heteroatoms. The molecule has 0 unspecified atom stereocenters. The molecule has 0 aliphatic heterocycles. The van der Waals surface area contributed by atoms with Gasteiger partial charge < -0.3 is 4.57 Å². The standard InChI is InChI=1S/C8H19NSi2/c1-6-9(7-2)11-8(3,4)10-5/h6-7H2,1-5H3. The summed E-state index contributed by atoms with van der Waals surface area (Å²) in [6.45, 7) is 13.9. The topological polar surface area (TPSA) is 3.24 Å². The van der Waals surface area contributed by atoms with Crippen LogP contribution in [-0.4, -0.2) is 36.9 Å². The number of hydrogen-bond donors (Lipinski definition) is 0. The van der Waals surface area contributed by atoms with Crippen LogP contribution in [-0.2, 0) is 0 Å². The van der Waals surface area contributed by atoms with Gasteiger partial charge in [0.05, 0.1) is 0 Å². The lowest BCUT2D eigenvalue weighted by molar-refractivity contribution is 0.482. The molecule has 0 aromatic rings. The Morgan fingerprint density at radius 1 is 1.18 bits per heavy atom. The Bertz CT molecular complexity index is 100. The molecule has 0 rings (SSSR count). The summed E-state index contributed by atoms with van der Waals surface area (Å²) < 4.78 is 3.07. The van der Waals surface area contributed by atoms with Crippen molar-refractivity contribution in [3.8, 4) is 0 Å². The highest BCUT2D eigenvalue weighted by Crippen LogP contribution is 2.20. The molecule has 0 N–H and O–H groups in total. The van der Waals surface area contributed by atoms with E-state index in [2.05, 4.69) is 38.8 Å². The fourth-order valence-electron chi connectivity index (χ4n) is 0.833. The van der Waals surface area contributed by atoms with Crippen LogP contribution in [0.5, 0.6) is 0 Å². The van der Waals surface area contributed by atoms with E-state index in [1.807, 2.05) is 0 Å². The molecule has 0 aliphatic carbocycles. The Hall–Kier alpha value is 0.394. The van der Waals surface area contributed by atoms with Gasteiger partial charge in [-0.1, -0.05) is 34.2 Å². The Morgan fingerprint density at radius 2 is 1.64 bits per heavy atom. The summed E-state index contributed by atoms with van der Waals surface area (Å²) in [5.41, 5.74) is 0. The second kappa shape index (κ2) is 5.11. The molecule has 0 aromatic heterocycles. The quantitative estimate of drug-likeness (QED) is 0.591. The van der Waals surface area contributed by atoms with Gasteiger partial charge in [-0.3, -0.25) is 0 Å². The predicted molar refractivity (Wildman–Crippen MR) is 54.3 cm³/mol. The maximum atomic E-state index is 2.52. The molecule has 0 amide bonds. The first-order valence-corrected chi connectivity index (χ1v) is 6.72. The molecule has 0 heterocycles. The van der Waals surface area contributed by atoms with Crippen molar-refractivity contribution in [1.29, 1.82) is 0 Å². The van der Waals surface area contributed by atoms with Gasteiger partial charge in [-0.05, 0) is 17.8 Å². The minimum Gasteiger partial charge on any atom is -0.326 e. The zero-order chi connectivity index (χ0) is 8.91. The summed E-state index contributed by atoms with van der Waals surface area (Å²) in [5, 5.41) is 0. The second-order valence-electron chi connectivity index (χ2n) is 3.16. The van der Waals surface area contributed by atoms with Crippen molar-refractivity contribution >= 4 is 19.2 Å². The van der Waals surface area contributed by atoms with Crippen LogP contribution < -0.4 is 0 Å². The van der Waals surface area contributed by atoms with E-state index in [0.29, 0.717) is 4.66 Å². The fourth-order valence-corrected chi connectivity index (χ4v) is 2.86. The summed E-state index contributed by atoms with van der Waals surface area (Å²) in [5.74, 6) is 0. The molecular formula is C8H19NSi2. The first kappa shape index (κ1) is 11.4. The van der Waals surface area contributed by atoms with Crippen LogP contribution in [0.2, 0.25) is 11.2 Å². The Balaban J connectivity index is 3.79. The van der Waals surface area contributed by atoms with E-state index in [9.17, 15) is 0 Å². The average Bonchev–Trinajstić information content (AvgIpc) is 2.00. The third-order valence-corrected chi connectivity index (χ3v) is 5.67. The maximum absolute atomic E-state index is 2.52. The third kappa shape index (κ3) is 4.77. The van der Waals surface area contributed by atoms with Gasteiger partial charge in [0.2, 0.25) is 0 Å². The minimum atomic E-state index is 0.548. The first-order chi connectivity index (χ1) is 5.05. The van der Waals surface area contributed by atoms with Crippen LogP contribution in [0.25, 0.3) is 0 Å². The van der Waals surface area contributed by atoms with Crippen LogP contribution in [0, 0.1) is 0 Å². The highest BCUT2D eigenvalue weighted by molar-refractivity contribution is 6.59. The highest BCUT2D eigenvalue weighted by Gasteiger charge is 2.20. The zero-order valence-corrected chi connectivity index (χ0v) is 10.4. The highest BCUT2D eigenvalue weighted by atomic mass is 28.3. The molecule has 0 spiro atoms. The first-order valence-electron chi connectivity index (χ1n) is 4.27. The molecule has 4 radical (unpaired) electrons. The van der Waals surface area contributed by atoms with Gasteiger partial charge in [0.1, 0.15) is 9.68 Å². The normalized spacial score (nSPS) is 12.5. The van der Waals surface area contributed by atoms with E-state index >= 15 is 0 Å². The van der Waals surface area contributed by atoms with Crippen molar-refractivity contribution in [2.45, 2.75) is 38.9 Å². The lowest BCUT2D eigenvalue weighted by atomic mass is 10.5. The monoisotopic (exact) mass is 185 g/mol. The third-order valence-electron chi connectivity index (χ3n) is 1.83. The van der Waals surface area contributed by atoms with Crippen molar-refractivity contribution < 1.29 is 0 Å². The second-order valence-corrected chi connectivity index (χ2v) is 7.52. The molecule has 64 valence electrons. The van der Waals surface area contributed by atoms with Crippen molar-refractivity contribution in [2.24, 2.45) is 0 Å². The van der Waals surface area contributed by atoms with E-state index in [4.69, 9.17) is 0 Å². The smallest absolute Gasteiger partial charge is 0.144 e. The molecule has 0 aromatic carbocycles. The lowest BCUT2D eigenvalue weighted by Crippen LogP contribution is -2.36. The average molecular weight is 185 g/mol. The zero-order valence-electron chi connectivity index (χ0n) is 8.36. The summed E-state index contributed by atoms with van der Waals surface area (Å²) in [4.78, 5) is 0. The van der Waals surface area contributed by atoms with Crippen molar-refractivity contribution in [3.63, 3.8) is 0 Å². The molecule has 1 nitrogen and oxygen atoms in total. The van der Waals surface area contributed by atoms with Crippen LogP contribution in [0.4, 0.5) is 0 Å². The van der Waals surface area contributed by atoms with Crippen LogP contribution in [0.3, 0.4) is 0 Å². The van der Waals surface area contributed by atoms with Crippen LogP contribution in [0.1, 0.15) is 27.7 Å². The van der Waals surface area contributed by atoms with Crippen LogP contribution >= 0.6 is 0 Å². The Morgan fingerprint density at radius 3 is 1.91 bits per heavy atom. The molecular weight excluding hydrogens is 166 g/mol. The van der Waals surface area contributed by atoms with Crippen molar-refractivity contribution in [1.82, 2.24) is 4.57 Å². The SMILES string of the molecule is CCN(CC)[Si]C(C)(C)[Si]C. The Labute approximate surface area is 76.3 Å². The van der Waals surface area contributed by atoms with E-state index < -0.39 is 0 Å². The van der Waals surface area contributed by atoms with Gasteiger partial charge >= 0.3 is 0 Å². The van der Waals surface area contributed by atoms with Gasteiger partial charge in [0.25, 0.3) is 0 Å². The largest absolute Gasteiger partial charge is 0.326 e. The maximum Gasteiger partial charge on any atom is 0.144 e. The van der Waals surface area contributed by atoms with Gasteiger partial charge in [-0.15, -0.1) is 0 Å². The van der Waals surface area contributed by atoms with Crippen molar-refractivity contribution in [3.05, 3.63) is 0 Å². The van der Waals surface area contributed by atoms with E-state index in [0.717, 1.165) is 19.2 Å². The van der Waals surface area contributed by atoms with E-state index in [-0.39, 0.29) is 0 Å². The van der Waals surface area contributed by atoms with Gasteiger partial charge in [0, 0.05) is 9.52 Å². The summed E-state index contributed by atoms with van der Waals surface area (Å²) in [6.07, 6.45) is 0. The summed E-state index contributed by atoms with van der Waals surface area (Å²) in [6, 6.07) is 0. The number of hydrogen-bond acceptors (Lipinski definition) is 1. The Kier molecular flexibility index (Phi) is 5.30. The van der Waals surface area contributed by atoms with Crippen molar-refractivity contribution in [2.75, 3.05) is 13.1 Å². The summed E-state index contributed by atoms with van der Waals surface area (Å²) in [7, 11) is 2.05. The molecule has 0 aliphatic rings. The van der Waals surface area contributed by atoms with E-state index in [1.54, 1.807) is 0 Å².